The lowest BCUT2D eigenvalue weighted by atomic mass is 9.50. The van der Waals surface area contributed by atoms with Crippen molar-refractivity contribution in [2.24, 2.45) is 17.8 Å². The van der Waals surface area contributed by atoms with Crippen LogP contribution in [0.25, 0.3) is 0 Å². The monoisotopic (exact) mass is 419 g/mol. The number of benzene rings is 1. The third-order valence-corrected chi connectivity index (χ3v) is 8.70. The zero-order valence-electron chi connectivity index (χ0n) is 15.2. The Morgan fingerprint density at radius 3 is 2.48 bits per heavy atom. The van der Waals surface area contributed by atoms with E-state index in [1.807, 2.05) is 18.4 Å². The van der Waals surface area contributed by atoms with Gasteiger partial charge in [-0.15, -0.1) is 22.0 Å². The zero-order chi connectivity index (χ0) is 18.6. The van der Waals surface area contributed by atoms with Gasteiger partial charge in [-0.25, -0.2) is 0 Å². The zero-order valence-corrected chi connectivity index (χ0v) is 17.6. The van der Waals surface area contributed by atoms with E-state index in [-0.39, 0.29) is 11.3 Å². The van der Waals surface area contributed by atoms with Gasteiger partial charge in [-0.05, 0) is 80.7 Å². The van der Waals surface area contributed by atoms with Crippen molar-refractivity contribution < 1.29 is 4.79 Å². The van der Waals surface area contributed by atoms with Crippen LogP contribution < -0.4 is 5.32 Å². The topological polar surface area (TPSA) is 54.9 Å². The third kappa shape index (κ3) is 3.19. The second-order valence-corrected chi connectivity index (χ2v) is 10.7. The molecular formula is C20H22ClN3OS2. The van der Waals surface area contributed by atoms with E-state index >= 15 is 0 Å². The molecule has 7 heteroatoms. The first-order valence-corrected chi connectivity index (χ1v) is 12.0. The van der Waals surface area contributed by atoms with E-state index in [0.29, 0.717) is 15.7 Å². The summed E-state index contributed by atoms with van der Waals surface area (Å²) in [5, 5.41) is 13.9. The van der Waals surface area contributed by atoms with E-state index < -0.39 is 0 Å². The molecule has 4 aliphatic carbocycles. The number of nitrogens with zero attached hydrogens (tertiary/aromatic N) is 2. The molecule has 0 spiro atoms. The van der Waals surface area contributed by atoms with Gasteiger partial charge >= 0.3 is 0 Å². The minimum atomic E-state index is -0.218. The minimum absolute atomic E-state index is 0.214. The van der Waals surface area contributed by atoms with Gasteiger partial charge in [-0.1, -0.05) is 22.9 Å². The molecule has 1 N–H and O–H groups in total. The number of carbonyl (C=O) groups excluding carboxylic acids is 1. The molecular weight excluding hydrogens is 398 g/mol. The fourth-order valence-corrected chi connectivity index (χ4v) is 7.43. The van der Waals surface area contributed by atoms with Crippen LogP contribution in [-0.4, -0.2) is 22.4 Å². The van der Waals surface area contributed by atoms with Crippen molar-refractivity contribution in [1.82, 2.24) is 10.2 Å². The van der Waals surface area contributed by atoms with Gasteiger partial charge in [0.1, 0.15) is 5.01 Å². The minimum Gasteiger partial charge on any atom is -0.296 e. The highest BCUT2D eigenvalue weighted by atomic mass is 35.5. The third-order valence-electron chi connectivity index (χ3n) is 6.56. The van der Waals surface area contributed by atoms with E-state index in [2.05, 4.69) is 15.5 Å². The quantitative estimate of drug-likeness (QED) is 0.652. The summed E-state index contributed by atoms with van der Waals surface area (Å²) in [5.41, 5.74) is 0.696. The van der Waals surface area contributed by atoms with Gasteiger partial charge in [0.05, 0.1) is 10.6 Å². The molecule has 1 aromatic heterocycles. The van der Waals surface area contributed by atoms with Crippen molar-refractivity contribution in [3.63, 3.8) is 0 Å². The van der Waals surface area contributed by atoms with Gasteiger partial charge in [0.25, 0.3) is 5.91 Å². The molecule has 142 valence electrons. The maximum absolute atomic E-state index is 12.7. The van der Waals surface area contributed by atoms with E-state index in [0.717, 1.165) is 27.7 Å². The molecule has 4 bridgehead atoms. The molecule has 6 rings (SSSR count). The number of rotatable bonds is 4. The number of nitrogens with one attached hydrogen (secondary N) is 1. The van der Waals surface area contributed by atoms with Crippen LogP contribution >= 0.6 is 34.7 Å². The maximum atomic E-state index is 12.7. The summed E-state index contributed by atoms with van der Waals surface area (Å²) in [4.78, 5) is 13.7. The normalized spacial score (nSPS) is 31.3. The number of halogens is 1. The SMILES string of the molecule is CSc1ccc(Cl)c(C(=O)Nc2nnc(C34CC5CC(CC(C5)C3)C4)s2)c1. The summed E-state index contributed by atoms with van der Waals surface area (Å²) < 4.78 is 0. The molecule has 1 heterocycles. The van der Waals surface area contributed by atoms with Crippen LogP contribution in [0.3, 0.4) is 0 Å². The average Bonchev–Trinajstić information content (AvgIpc) is 3.10. The Kier molecular flexibility index (Phi) is 4.49. The molecule has 1 amide bonds. The predicted octanol–water partition coefficient (Wildman–Crippen LogP) is 5.63. The summed E-state index contributed by atoms with van der Waals surface area (Å²) in [6, 6.07) is 5.51. The van der Waals surface area contributed by atoms with E-state index in [1.54, 1.807) is 29.2 Å². The van der Waals surface area contributed by atoms with Gasteiger partial charge in [0, 0.05) is 10.3 Å². The second-order valence-electron chi connectivity index (χ2n) is 8.41. The van der Waals surface area contributed by atoms with Gasteiger partial charge in [-0.3, -0.25) is 10.1 Å². The van der Waals surface area contributed by atoms with Crippen molar-refractivity contribution >= 4 is 45.7 Å². The molecule has 0 unspecified atom stereocenters. The van der Waals surface area contributed by atoms with Crippen LogP contribution in [0.4, 0.5) is 5.13 Å². The molecule has 2 aromatic rings. The molecule has 4 saturated carbocycles. The van der Waals surface area contributed by atoms with Gasteiger partial charge in [0.15, 0.2) is 0 Å². The molecule has 0 radical (unpaired) electrons. The Balaban J connectivity index is 1.37. The molecule has 4 fully saturated rings. The first-order chi connectivity index (χ1) is 13.0. The molecule has 27 heavy (non-hydrogen) atoms. The van der Waals surface area contributed by atoms with Crippen molar-refractivity contribution in [2.75, 3.05) is 11.6 Å². The van der Waals surface area contributed by atoms with Gasteiger partial charge in [-0.2, -0.15) is 0 Å². The van der Waals surface area contributed by atoms with Crippen LogP contribution in [0.5, 0.6) is 0 Å². The molecule has 0 saturated heterocycles. The summed E-state index contributed by atoms with van der Waals surface area (Å²) in [7, 11) is 0. The highest BCUT2D eigenvalue weighted by molar-refractivity contribution is 7.98. The van der Waals surface area contributed by atoms with E-state index in [9.17, 15) is 4.79 Å². The first-order valence-electron chi connectivity index (χ1n) is 9.53. The predicted molar refractivity (Wildman–Crippen MR) is 111 cm³/mol. The highest BCUT2D eigenvalue weighted by Gasteiger charge is 2.53. The Labute approximate surface area is 172 Å². The van der Waals surface area contributed by atoms with Gasteiger partial charge < -0.3 is 0 Å². The Bertz CT molecular complexity index is 862. The molecule has 4 aliphatic rings. The summed E-state index contributed by atoms with van der Waals surface area (Å²) in [6.45, 7) is 0. The van der Waals surface area contributed by atoms with Gasteiger partial charge in [0.2, 0.25) is 5.13 Å². The summed E-state index contributed by atoms with van der Waals surface area (Å²) in [5.74, 6) is 2.38. The molecule has 4 nitrogen and oxygen atoms in total. The molecule has 1 aromatic carbocycles. The number of thioether (sulfide) groups is 1. The van der Waals surface area contributed by atoms with Crippen LogP contribution in [0, 0.1) is 17.8 Å². The lowest BCUT2D eigenvalue weighted by Crippen LogP contribution is -2.48. The lowest BCUT2D eigenvalue weighted by Gasteiger charge is -2.55. The Morgan fingerprint density at radius 2 is 1.85 bits per heavy atom. The Hall–Kier alpha value is -1.11. The van der Waals surface area contributed by atoms with E-state index in [1.165, 1.54) is 38.5 Å². The smallest absolute Gasteiger partial charge is 0.259 e. The fraction of sp³-hybridized carbons (Fsp3) is 0.550. The standard InChI is InChI=1S/C20H22ClN3OS2/c1-26-14-2-3-16(21)15(7-14)17(25)22-19-24-23-18(27-19)20-8-11-4-12(9-20)6-13(5-11)10-20/h2-3,7,11-13H,4-6,8-10H2,1H3,(H,22,24,25). The average molecular weight is 420 g/mol. The maximum Gasteiger partial charge on any atom is 0.259 e. The van der Waals surface area contributed by atoms with Crippen LogP contribution in [0.15, 0.2) is 23.1 Å². The van der Waals surface area contributed by atoms with Crippen molar-refractivity contribution in [2.45, 2.75) is 48.8 Å². The highest BCUT2D eigenvalue weighted by Crippen LogP contribution is 2.61. The number of aromatic nitrogens is 2. The number of anilines is 1. The first kappa shape index (κ1) is 18.0. The Morgan fingerprint density at radius 1 is 1.19 bits per heavy atom. The summed E-state index contributed by atoms with van der Waals surface area (Å²) in [6.07, 6.45) is 9.97. The van der Waals surface area contributed by atoms with Crippen molar-refractivity contribution in [3.05, 3.63) is 33.8 Å². The number of amides is 1. The number of carbonyl (C=O) groups is 1. The van der Waals surface area contributed by atoms with E-state index in [4.69, 9.17) is 11.6 Å². The molecule has 0 aliphatic heterocycles. The van der Waals surface area contributed by atoms with Crippen LogP contribution in [0.2, 0.25) is 5.02 Å². The second kappa shape index (κ2) is 6.75. The van der Waals surface area contributed by atoms with Crippen LogP contribution in [0.1, 0.15) is 53.9 Å². The van der Waals surface area contributed by atoms with Crippen molar-refractivity contribution in [3.8, 4) is 0 Å². The molecule has 0 atom stereocenters. The lowest BCUT2D eigenvalue weighted by molar-refractivity contribution is -0.00555. The number of hydrogen-bond acceptors (Lipinski definition) is 5. The largest absolute Gasteiger partial charge is 0.296 e. The fourth-order valence-electron chi connectivity index (χ4n) is 5.83. The van der Waals surface area contributed by atoms with Crippen molar-refractivity contribution in [1.29, 1.82) is 0 Å². The summed E-state index contributed by atoms with van der Waals surface area (Å²) >= 11 is 9.37. The number of hydrogen-bond donors (Lipinski definition) is 1. The van der Waals surface area contributed by atoms with Crippen LogP contribution in [-0.2, 0) is 5.41 Å².